The van der Waals surface area contributed by atoms with E-state index in [1.807, 2.05) is 56.3 Å². The molecule has 0 saturated carbocycles. The normalized spacial score (nSPS) is 10.8. The Kier molecular flexibility index (Phi) is 8.74. The maximum Gasteiger partial charge on any atom is 0.262 e. The van der Waals surface area contributed by atoms with Gasteiger partial charge >= 0.3 is 0 Å². The predicted molar refractivity (Wildman–Crippen MR) is 136 cm³/mol. The summed E-state index contributed by atoms with van der Waals surface area (Å²) in [4.78, 5) is 16.9. The zero-order valence-electron chi connectivity index (χ0n) is 18.5. The highest BCUT2D eigenvalue weighted by Crippen LogP contribution is 2.37. The molecule has 0 unspecified atom stereocenters. The van der Waals surface area contributed by atoms with Crippen LogP contribution in [0.4, 0.5) is 11.4 Å². The highest BCUT2D eigenvalue weighted by molar-refractivity contribution is 9.10. The van der Waals surface area contributed by atoms with E-state index in [4.69, 9.17) is 25.8 Å². The number of rotatable bonds is 9. The lowest BCUT2D eigenvalue weighted by molar-refractivity contribution is -0.118. The van der Waals surface area contributed by atoms with Gasteiger partial charge in [0, 0.05) is 16.9 Å². The molecule has 3 aromatic rings. The third-order valence-corrected chi connectivity index (χ3v) is 5.57. The Morgan fingerprint density at radius 2 is 1.88 bits per heavy atom. The van der Waals surface area contributed by atoms with Crippen LogP contribution in [0.2, 0.25) is 5.02 Å². The van der Waals surface area contributed by atoms with Crippen molar-refractivity contribution in [1.29, 1.82) is 0 Å². The summed E-state index contributed by atoms with van der Waals surface area (Å²) in [5.41, 5.74) is 3.14. The van der Waals surface area contributed by atoms with Crippen LogP contribution in [0.25, 0.3) is 0 Å². The smallest absolute Gasteiger partial charge is 0.262 e. The number of aliphatic imine (C=N–C) groups is 1. The molecule has 172 valence electrons. The van der Waals surface area contributed by atoms with Crippen LogP contribution in [0.15, 0.2) is 64.1 Å². The number of aryl methyl sites for hydroxylation is 1. The van der Waals surface area contributed by atoms with E-state index in [1.54, 1.807) is 25.5 Å². The number of hydrogen-bond donors (Lipinski definition) is 1. The molecule has 3 rings (SSSR count). The predicted octanol–water partition coefficient (Wildman–Crippen LogP) is 6.59. The van der Waals surface area contributed by atoms with Crippen LogP contribution < -0.4 is 19.5 Å². The van der Waals surface area contributed by atoms with Gasteiger partial charge in [0.05, 0.1) is 23.9 Å². The van der Waals surface area contributed by atoms with Crippen molar-refractivity contribution in [2.45, 2.75) is 13.8 Å². The van der Waals surface area contributed by atoms with Crippen LogP contribution in [-0.2, 0) is 4.79 Å². The van der Waals surface area contributed by atoms with E-state index >= 15 is 0 Å². The summed E-state index contributed by atoms with van der Waals surface area (Å²) < 4.78 is 17.3. The molecule has 1 N–H and O–H groups in total. The molecule has 0 heterocycles. The summed E-state index contributed by atoms with van der Waals surface area (Å²) in [7, 11) is 1.62. The van der Waals surface area contributed by atoms with Crippen LogP contribution in [-0.4, -0.2) is 32.4 Å². The molecule has 33 heavy (non-hydrogen) atoms. The van der Waals surface area contributed by atoms with Crippen molar-refractivity contribution in [3.8, 4) is 17.2 Å². The summed E-state index contributed by atoms with van der Waals surface area (Å²) in [6.07, 6.45) is 1.73. The lowest BCUT2D eigenvalue weighted by atomic mass is 10.2. The molecule has 6 nitrogen and oxygen atoms in total. The van der Waals surface area contributed by atoms with Crippen LogP contribution in [0.3, 0.4) is 0 Å². The van der Waals surface area contributed by atoms with E-state index in [-0.39, 0.29) is 12.5 Å². The van der Waals surface area contributed by atoms with Crippen LogP contribution in [0, 0.1) is 6.92 Å². The molecule has 8 heteroatoms. The Hall–Kier alpha value is -3.03. The largest absolute Gasteiger partial charge is 0.497 e. The second-order valence-electron chi connectivity index (χ2n) is 7.02. The quantitative estimate of drug-likeness (QED) is 0.316. The van der Waals surface area contributed by atoms with Crippen molar-refractivity contribution in [2.75, 3.05) is 25.6 Å². The van der Waals surface area contributed by atoms with Gasteiger partial charge in [0.25, 0.3) is 5.91 Å². The fourth-order valence-electron chi connectivity index (χ4n) is 2.89. The fraction of sp³-hybridized carbons (Fsp3) is 0.200. The van der Waals surface area contributed by atoms with Crippen molar-refractivity contribution in [3.05, 3.63) is 75.2 Å². The Balaban J connectivity index is 1.71. The first kappa shape index (κ1) is 24.6. The monoisotopic (exact) mass is 530 g/mol. The van der Waals surface area contributed by atoms with Gasteiger partial charge in [-0.2, -0.15) is 0 Å². The number of amides is 1. The minimum absolute atomic E-state index is 0.191. The number of methoxy groups -OCH3 is 1. The van der Waals surface area contributed by atoms with Crippen molar-refractivity contribution in [1.82, 2.24) is 0 Å². The number of halogens is 2. The lowest BCUT2D eigenvalue weighted by Gasteiger charge is -2.15. The third kappa shape index (κ3) is 6.97. The molecular formula is C25H24BrClN2O4. The third-order valence-electron chi connectivity index (χ3n) is 4.57. The van der Waals surface area contributed by atoms with E-state index in [9.17, 15) is 4.79 Å². The van der Waals surface area contributed by atoms with Crippen molar-refractivity contribution >= 4 is 51.0 Å². The van der Waals surface area contributed by atoms with Crippen molar-refractivity contribution in [2.24, 2.45) is 4.99 Å². The molecule has 0 spiro atoms. The number of carbonyl (C=O) groups excluding carboxylic acids is 1. The molecular weight excluding hydrogens is 508 g/mol. The number of carbonyl (C=O) groups is 1. The fourth-order valence-corrected chi connectivity index (χ4v) is 3.64. The Morgan fingerprint density at radius 1 is 1.12 bits per heavy atom. The minimum Gasteiger partial charge on any atom is -0.497 e. The number of anilines is 1. The van der Waals surface area contributed by atoms with Gasteiger partial charge in [0.15, 0.2) is 18.1 Å². The number of hydrogen-bond acceptors (Lipinski definition) is 5. The van der Waals surface area contributed by atoms with Crippen molar-refractivity contribution in [3.63, 3.8) is 0 Å². The molecule has 0 fully saturated rings. The number of ether oxygens (including phenoxy) is 3. The van der Waals surface area contributed by atoms with Gasteiger partial charge in [-0.25, -0.2) is 0 Å². The summed E-state index contributed by atoms with van der Waals surface area (Å²) in [6, 6.07) is 16.4. The topological polar surface area (TPSA) is 69.1 Å². The van der Waals surface area contributed by atoms with E-state index in [0.29, 0.717) is 33.3 Å². The molecule has 0 aliphatic rings. The van der Waals surface area contributed by atoms with E-state index in [0.717, 1.165) is 22.6 Å². The van der Waals surface area contributed by atoms with Gasteiger partial charge < -0.3 is 19.5 Å². The zero-order valence-corrected chi connectivity index (χ0v) is 20.9. The minimum atomic E-state index is -0.311. The van der Waals surface area contributed by atoms with Gasteiger partial charge in [-0.1, -0.05) is 17.7 Å². The van der Waals surface area contributed by atoms with Crippen LogP contribution >= 0.6 is 27.5 Å². The maximum atomic E-state index is 12.4. The summed E-state index contributed by atoms with van der Waals surface area (Å²) in [5, 5.41) is 3.36. The van der Waals surface area contributed by atoms with Gasteiger partial charge in [-0.15, -0.1) is 0 Å². The zero-order chi connectivity index (χ0) is 23.8. The van der Waals surface area contributed by atoms with Gasteiger partial charge in [0.2, 0.25) is 0 Å². The Morgan fingerprint density at radius 3 is 2.55 bits per heavy atom. The number of nitrogens with one attached hydrogen (secondary N) is 1. The molecule has 0 aliphatic heterocycles. The lowest BCUT2D eigenvalue weighted by Crippen LogP contribution is -2.20. The number of nitrogens with zero attached hydrogens (tertiary/aromatic N) is 1. The molecule has 0 bridgehead atoms. The van der Waals surface area contributed by atoms with Gasteiger partial charge in [0.1, 0.15) is 5.75 Å². The molecule has 0 aromatic heterocycles. The standard InChI is InChI=1S/C25H24BrClN2O4/c1-4-32-23-12-17(14-28-18-7-9-20(31-3)10-8-18)11-21(26)25(23)33-15-24(30)29-19-6-5-16(2)22(27)13-19/h5-14H,4,15H2,1-3H3,(H,29,30). The summed E-state index contributed by atoms with van der Waals surface area (Å²) in [6.45, 7) is 4.03. The van der Waals surface area contributed by atoms with E-state index < -0.39 is 0 Å². The van der Waals surface area contributed by atoms with E-state index in [2.05, 4.69) is 26.2 Å². The first-order valence-electron chi connectivity index (χ1n) is 10.2. The van der Waals surface area contributed by atoms with Crippen molar-refractivity contribution < 1.29 is 19.0 Å². The second-order valence-corrected chi connectivity index (χ2v) is 8.28. The number of benzene rings is 3. The van der Waals surface area contributed by atoms with Gasteiger partial charge in [-0.3, -0.25) is 9.79 Å². The molecule has 0 atom stereocenters. The highest BCUT2D eigenvalue weighted by atomic mass is 79.9. The molecule has 1 amide bonds. The second kappa shape index (κ2) is 11.7. The van der Waals surface area contributed by atoms with E-state index in [1.165, 1.54) is 0 Å². The molecule has 0 aliphatic carbocycles. The highest BCUT2D eigenvalue weighted by Gasteiger charge is 2.14. The average Bonchev–Trinajstić information content (AvgIpc) is 2.80. The Bertz CT molecular complexity index is 1150. The Labute approximate surface area is 206 Å². The molecule has 3 aromatic carbocycles. The first-order chi connectivity index (χ1) is 15.9. The first-order valence-corrected chi connectivity index (χ1v) is 11.4. The maximum absolute atomic E-state index is 12.4. The SMILES string of the molecule is CCOc1cc(C=Nc2ccc(OC)cc2)cc(Br)c1OCC(=O)Nc1ccc(C)c(Cl)c1. The summed E-state index contributed by atoms with van der Waals surface area (Å²) in [5.74, 6) is 1.41. The summed E-state index contributed by atoms with van der Waals surface area (Å²) >= 11 is 9.63. The molecule has 0 radical (unpaired) electrons. The van der Waals surface area contributed by atoms with Crippen LogP contribution in [0.1, 0.15) is 18.1 Å². The average molecular weight is 532 g/mol. The molecule has 0 saturated heterocycles. The van der Waals surface area contributed by atoms with Crippen LogP contribution in [0.5, 0.6) is 17.2 Å². The van der Waals surface area contributed by atoms with Gasteiger partial charge in [-0.05, 0) is 89.4 Å².